The Kier molecular flexibility index (Phi) is 4.87. The van der Waals surface area contributed by atoms with Gasteiger partial charge in [-0.2, -0.15) is 0 Å². The third-order valence-corrected chi connectivity index (χ3v) is 6.50. The number of sulfonamides is 1. The van der Waals surface area contributed by atoms with Gasteiger partial charge >= 0.3 is 0 Å². The second kappa shape index (κ2) is 7.33. The molecule has 3 aromatic rings. The van der Waals surface area contributed by atoms with E-state index in [9.17, 15) is 13.2 Å². The molecule has 1 aliphatic rings. The average Bonchev–Trinajstić information content (AvgIpc) is 3.12. The number of carbonyl (C=O) groups excluding carboxylic acids is 1. The lowest BCUT2D eigenvalue weighted by Crippen LogP contribution is -2.26. The van der Waals surface area contributed by atoms with Crippen molar-refractivity contribution in [2.45, 2.75) is 31.2 Å². The van der Waals surface area contributed by atoms with Gasteiger partial charge in [0.2, 0.25) is 15.9 Å². The molecule has 28 heavy (non-hydrogen) atoms. The van der Waals surface area contributed by atoms with E-state index in [2.05, 4.69) is 9.71 Å². The average molecular weight is 395 g/mol. The highest BCUT2D eigenvalue weighted by Crippen LogP contribution is 2.26. The van der Waals surface area contributed by atoms with E-state index in [1.54, 1.807) is 36.2 Å². The molecule has 0 saturated carbocycles. The van der Waals surface area contributed by atoms with E-state index in [1.165, 1.54) is 0 Å². The summed E-state index contributed by atoms with van der Waals surface area (Å²) < 4.78 is 28.5. The molecule has 1 aliphatic heterocycles. The molecule has 0 bridgehead atoms. The maximum absolute atomic E-state index is 12.9. The standard InChI is InChI=1S/C21H21N3O3S/c1-15-8-9-18(24-10-4-7-21(24)25)12-20(15)28(26,27)23-14-16-11-17-5-2-3-6-19(17)22-13-16/h2-3,5-6,8-9,11-13,23H,4,7,10,14H2,1H3. The summed E-state index contributed by atoms with van der Waals surface area (Å²) in [6.07, 6.45) is 2.97. The van der Waals surface area contributed by atoms with Gasteiger partial charge < -0.3 is 4.90 Å². The molecule has 0 spiro atoms. The third-order valence-electron chi connectivity index (χ3n) is 4.96. The van der Waals surface area contributed by atoms with E-state index in [0.29, 0.717) is 24.2 Å². The van der Waals surface area contributed by atoms with Crippen LogP contribution in [0.3, 0.4) is 0 Å². The number of benzene rings is 2. The van der Waals surface area contributed by atoms with Crippen molar-refractivity contribution in [2.24, 2.45) is 0 Å². The van der Waals surface area contributed by atoms with Crippen LogP contribution in [0.5, 0.6) is 0 Å². The van der Waals surface area contributed by atoms with Gasteiger partial charge in [-0.25, -0.2) is 13.1 Å². The highest BCUT2D eigenvalue weighted by Gasteiger charge is 2.24. The first-order valence-corrected chi connectivity index (χ1v) is 10.7. The molecule has 1 saturated heterocycles. The van der Waals surface area contributed by atoms with Gasteiger partial charge in [0.25, 0.3) is 0 Å². The van der Waals surface area contributed by atoms with Gasteiger partial charge in [0.15, 0.2) is 0 Å². The van der Waals surface area contributed by atoms with Gasteiger partial charge in [0.05, 0.1) is 10.4 Å². The number of aromatic nitrogens is 1. The lowest BCUT2D eigenvalue weighted by Gasteiger charge is -2.18. The first-order valence-electron chi connectivity index (χ1n) is 9.18. The van der Waals surface area contributed by atoms with Crippen LogP contribution in [0.1, 0.15) is 24.0 Å². The Morgan fingerprint density at radius 3 is 2.75 bits per heavy atom. The van der Waals surface area contributed by atoms with Crippen LogP contribution < -0.4 is 9.62 Å². The maximum atomic E-state index is 12.9. The van der Waals surface area contributed by atoms with E-state index in [4.69, 9.17) is 0 Å². The molecule has 0 radical (unpaired) electrons. The largest absolute Gasteiger partial charge is 0.312 e. The van der Waals surface area contributed by atoms with E-state index < -0.39 is 10.0 Å². The summed E-state index contributed by atoms with van der Waals surface area (Å²) in [4.78, 5) is 18.2. The summed E-state index contributed by atoms with van der Waals surface area (Å²) in [5.41, 5.74) is 2.92. The smallest absolute Gasteiger partial charge is 0.241 e. The Bertz CT molecular complexity index is 1160. The van der Waals surface area contributed by atoms with Crippen LogP contribution in [0, 0.1) is 6.92 Å². The first-order chi connectivity index (χ1) is 13.4. The van der Waals surface area contributed by atoms with Crippen molar-refractivity contribution in [3.63, 3.8) is 0 Å². The van der Waals surface area contributed by atoms with Crippen molar-refractivity contribution in [3.05, 3.63) is 65.9 Å². The van der Waals surface area contributed by atoms with Crippen molar-refractivity contribution in [1.29, 1.82) is 0 Å². The molecule has 6 nitrogen and oxygen atoms in total. The number of hydrogen-bond acceptors (Lipinski definition) is 4. The molecule has 0 unspecified atom stereocenters. The van der Waals surface area contributed by atoms with Crippen molar-refractivity contribution >= 4 is 32.5 Å². The normalized spacial score (nSPS) is 14.8. The van der Waals surface area contributed by atoms with Crippen LogP contribution >= 0.6 is 0 Å². The number of para-hydroxylation sites is 1. The zero-order valence-corrected chi connectivity index (χ0v) is 16.4. The van der Waals surface area contributed by atoms with Crippen LogP contribution in [-0.4, -0.2) is 25.9 Å². The lowest BCUT2D eigenvalue weighted by molar-refractivity contribution is -0.117. The highest BCUT2D eigenvalue weighted by molar-refractivity contribution is 7.89. The highest BCUT2D eigenvalue weighted by atomic mass is 32.2. The fourth-order valence-electron chi connectivity index (χ4n) is 3.44. The van der Waals surface area contributed by atoms with Crippen molar-refractivity contribution in [1.82, 2.24) is 9.71 Å². The number of nitrogens with one attached hydrogen (secondary N) is 1. The molecule has 4 rings (SSSR count). The zero-order chi connectivity index (χ0) is 19.7. The fraction of sp³-hybridized carbons (Fsp3) is 0.238. The first kappa shape index (κ1) is 18.6. The van der Waals surface area contributed by atoms with Crippen LogP contribution in [0.25, 0.3) is 10.9 Å². The lowest BCUT2D eigenvalue weighted by atomic mass is 10.2. The number of anilines is 1. The number of fused-ring (bicyclic) bond motifs is 1. The van der Waals surface area contributed by atoms with Gasteiger partial charge in [-0.05, 0) is 48.7 Å². The molecule has 0 atom stereocenters. The fourth-order valence-corrected chi connectivity index (χ4v) is 4.72. The molecule has 2 heterocycles. The Labute approximate surface area is 164 Å². The molecule has 144 valence electrons. The Morgan fingerprint density at radius 2 is 1.96 bits per heavy atom. The monoisotopic (exact) mass is 395 g/mol. The summed E-state index contributed by atoms with van der Waals surface area (Å²) in [6, 6.07) is 14.7. The van der Waals surface area contributed by atoms with Crippen LogP contribution in [0.15, 0.2) is 59.6 Å². The third kappa shape index (κ3) is 3.63. The van der Waals surface area contributed by atoms with Gasteiger partial charge in [0, 0.05) is 36.8 Å². The van der Waals surface area contributed by atoms with Gasteiger partial charge in [0.1, 0.15) is 0 Å². The van der Waals surface area contributed by atoms with E-state index in [-0.39, 0.29) is 17.3 Å². The van der Waals surface area contributed by atoms with Crippen molar-refractivity contribution in [2.75, 3.05) is 11.4 Å². The minimum atomic E-state index is -3.73. The predicted molar refractivity (Wildman–Crippen MR) is 109 cm³/mol. The van der Waals surface area contributed by atoms with Crippen LogP contribution in [0.2, 0.25) is 0 Å². The molecule has 1 N–H and O–H groups in total. The molecule has 1 aromatic heterocycles. The number of amides is 1. The number of nitrogens with zero attached hydrogens (tertiary/aromatic N) is 2. The number of aryl methyl sites for hydroxylation is 1. The van der Waals surface area contributed by atoms with E-state index >= 15 is 0 Å². The minimum absolute atomic E-state index is 0.0300. The zero-order valence-electron chi connectivity index (χ0n) is 15.6. The Hall–Kier alpha value is -2.77. The second-order valence-electron chi connectivity index (χ2n) is 6.96. The quantitative estimate of drug-likeness (QED) is 0.720. The molecule has 0 aliphatic carbocycles. The minimum Gasteiger partial charge on any atom is -0.312 e. The number of rotatable bonds is 5. The van der Waals surface area contributed by atoms with Gasteiger partial charge in [-0.1, -0.05) is 24.3 Å². The number of carbonyl (C=O) groups is 1. The maximum Gasteiger partial charge on any atom is 0.241 e. The molecule has 1 fully saturated rings. The molecule has 2 aromatic carbocycles. The van der Waals surface area contributed by atoms with Gasteiger partial charge in [-0.3, -0.25) is 9.78 Å². The molecular weight excluding hydrogens is 374 g/mol. The predicted octanol–water partition coefficient (Wildman–Crippen LogP) is 3.15. The topological polar surface area (TPSA) is 79.4 Å². The Balaban J connectivity index is 1.58. The van der Waals surface area contributed by atoms with Crippen LogP contribution in [0.4, 0.5) is 5.69 Å². The summed E-state index contributed by atoms with van der Waals surface area (Å²) in [5, 5.41) is 0.963. The molecule has 1 amide bonds. The SMILES string of the molecule is Cc1ccc(N2CCCC2=O)cc1S(=O)(=O)NCc1cnc2ccccc2c1. The summed E-state index contributed by atoms with van der Waals surface area (Å²) in [6.45, 7) is 2.52. The van der Waals surface area contributed by atoms with E-state index in [1.807, 2.05) is 30.3 Å². The van der Waals surface area contributed by atoms with E-state index in [0.717, 1.165) is 22.9 Å². The van der Waals surface area contributed by atoms with Crippen LogP contribution in [-0.2, 0) is 21.4 Å². The number of pyridine rings is 1. The summed E-state index contributed by atoms with van der Waals surface area (Å²) >= 11 is 0. The second-order valence-corrected chi connectivity index (χ2v) is 8.69. The molecular formula is C21H21N3O3S. The van der Waals surface area contributed by atoms with Crippen molar-refractivity contribution in [3.8, 4) is 0 Å². The van der Waals surface area contributed by atoms with Crippen molar-refractivity contribution < 1.29 is 13.2 Å². The van der Waals surface area contributed by atoms with Gasteiger partial charge in [-0.15, -0.1) is 0 Å². The number of hydrogen-bond donors (Lipinski definition) is 1. The Morgan fingerprint density at radius 1 is 1.14 bits per heavy atom. The molecule has 7 heteroatoms. The summed E-state index contributed by atoms with van der Waals surface area (Å²) in [5.74, 6) is 0.0300. The summed E-state index contributed by atoms with van der Waals surface area (Å²) in [7, 11) is -3.73.